The van der Waals surface area contributed by atoms with Gasteiger partial charge in [0.2, 0.25) is 0 Å². The van der Waals surface area contributed by atoms with Crippen molar-refractivity contribution in [3.8, 4) is 11.5 Å². The SMILES string of the molecule is CNC1CC(CCSC)Oc2cc(OC)ccc21. The van der Waals surface area contributed by atoms with E-state index < -0.39 is 0 Å². The summed E-state index contributed by atoms with van der Waals surface area (Å²) in [7, 11) is 3.70. The van der Waals surface area contributed by atoms with Crippen molar-refractivity contribution in [3.63, 3.8) is 0 Å². The highest BCUT2D eigenvalue weighted by atomic mass is 32.2. The van der Waals surface area contributed by atoms with Gasteiger partial charge in [-0.3, -0.25) is 0 Å². The molecule has 1 heterocycles. The molecule has 1 aromatic carbocycles. The molecule has 1 aliphatic rings. The molecule has 0 aliphatic carbocycles. The van der Waals surface area contributed by atoms with Crippen LogP contribution >= 0.6 is 11.8 Å². The molecule has 2 unspecified atom stereocenters. The predicted octanol–water partition coefficient (Wildman–Crippen LogP) is 2.86. The molecule has 0 saturated carbocycles. The summed E-state index contributed by atoms with van der Waals surface area (Å²) >= 11 is 1.87. The second kappa shape index (κ2) is 6.34. The van der Waals surface area contributed by atoms with E-state index in [0.717, 1.165) is 30.1 Å². The van der Waals surface area contributed by atoms with E-state index in [1.165, 1.54) is 5.56 Å². The van der Waals surface area contributed by atoms with Crippen molar-refractivity contribution >= 4 is 11.8 Å². The van der Waals surface area contributed by atoms with E-state index in [2.05, 4.69) is 17.6 Å². The molecule has 0 fully saturated rings. The maximum atomic E-state index is 6.08. The zero-order chi connectivity index (χ0) is 13.0. The first-order chi connectivity index (χ1) is 8.78. The van der Waals surface area contributed by atoms with E-state index in [4.69, 9.17) is 9.47 Å². The predicted molar refractivity (Wildman–Crippen MR) is 76.8 cm³/mol. The normalized spacial score (nSPS) is 22.2. The molecule has 3 nitrogen and oxygen atoms in total. The standard InChI is InChI=1S/C14H21NO2S/c1-15-13-8-11(6-7-18-3)17-14-9-10(16-2)4-5-12(13)14/h4-5,9,11,13,15H,6-8H2,1-3H3. The molecule has 1 aromatic rings. The van der Waals surface area contributed by atoms with E-state index in [9.17, 15) is 0 Å². The van der Waals surface area contributed by atoms with Crippen LogP contribution in [0.2, 0.25) is 0 Å². The summed E-state index contributed by atoms with van der Waals surface area (Å²) in [6.45, 7) is 0. The zero-order valence-electron chi connectivity index (χ0n) is 11.2. The van der Waals surface area contributed by atoms with Crippen LogP contribution in [0.3, 0.4) is 0 Å². The Morgan fingerprint density at radius 3 is 3.00 bits per heavy atom. The van der Waals surface area contributed by atoms with Crippen molar-refractivity contribution in [1.29, 1.82) is 0 Å². The van der Waals surface area contributed by atoms with Crippen molar-refractivity contribution in [3.05, 3.63) is 23.8 Å². The number of rotatable bonds is 5. The molecule has 0 amide bonds. The summed E-state index contributed by atoms with van der Waals surface area (Å²) < 4.78 is 11.3. The van der Waals surface area contributed by atoms with Crippen LogP contribution in [0.15, 0.2) is 18.2 Å². The van der Waals surface area contributed by atoms with E-state index in [1.54, 1.807) is 7.11 Å². The third-order valence-electron chi connectivity index (χ3n) is 3.38. The summed E-state index contributed by atoms with van der Waals surface area (Å²) in [4.78, 5) is 0. The zero-order valence-corrected chi connectivity index (χ0v) is 12.0. The summed E-state index contributed by atoms with van der Waals surface area (Å²) in [5.74, 6) is 2.96. The monoisotopic (exact) mass is 267 g/mol. The number of benzene rings is 1. The van der Waals surface area contributed by atoms with Gasteiger partial charge >= 0.3 is 0 Å². The van der Waals surface area contributed by atoms with Crippen molar-refractivity contribution in [1.82, 2.24) is 5.32 Å². The summed E-state index contributed by atoms with van der Waals surface area (Å²) in [5, 5.41) is 3.38. The fourth-order valence-electron chi connectivity index (χ4n) is 2.35. The molecule has 4 heteroatoms. The van der Waals surface area contributed by atoms with E-state index in [1.807, 2.05) is 30.9 Å². The van der Waals surface area contributed by atoms with Crippen LogP contribution in [0, 0.1) is 0 Å². The minimum atomic E-state index is 0.300. The minimum absolute atomic E-state index is 0.300. The first-order valence-electron chi connectivity index (χ1n) is 6.29. The van der Waals surface area contributed by atoms with Crippen LogP contribution in [-0.4, -0.2) is 32.3 Å². The Morgan fingerprint density at radius 1 is 1.50 bits per heavy atom. The molecule has 2 rings (SSSR count). The van der Waals surface area contributed by atoms with Gasteiger partial charge in [0.05, 0.1) is 7.11 Å². The first-order valence-corrected chi connectivity index (χ1v) is 7.68. The van der Waals surface area contributed by atoms with Gasteiger partial charge in [-0.05, 0) is 31.5 Å². The van der Waals surface area contributed by atoms with Crippen LogP contribution in [0.5, 0.6) is 11.5 Å². The lowest BCUT2D eigenvalue weighted by atomic mass is 9.95. The second-order valence-electron chi connectivity index (χ2n) is 4.50. The van der Waals surface area contributed by atoms with Crippen LogP contribution < -0.4 is 14.8 Å². The van der Waals surface area contributed by atoms with E-state index in [-0.39, 0.29) is 0 Å². The third kappa shape index (κ3) is 2.93. The number of fused-ring (bicyclic) bond motifs is 1. The van der Waals surface area contributed by atoms with Crippen molar-refractivity contribution in [2.75, 3.05) is 26.2 Å². The lowest BCUT2D eigenvalue weighted by Crippen LogP contribution is -2.31. The Kier molecular flexibility index (Phi) is 4.78. The molecule has 2 atom stereocenters. The fourth-order valence-corrected chi connectivity index (χ4v) is 2.85. The van der Waals surface area contributed by atoms with E-state index in [0.29, 0.717) is 12.1 Å². The quantitative estimate of drug-likeness (QED) is 0.888. The average molecular weight is 267 g/mol. The lowest BCUT2D eigenvalue weighted by molar-refractivity contribution is 0.148. The highest BCUT2D eigenvalue weighted by molar-refractivity contribution is 7.98. The summed E-state index contributed by atoms with van der Waals surface area (Å²) in [6, 6.07) is 6.46. The van der Waals surface area contributed by atoms with Crippen molar-refractivity contribution in [2.24, 2.45) is 0 Å². The fraction of sp³-hybridized carbons (Fsp3) is 0.571. The highest BCUT2D eigenvalue weighted by Crippen LogP contribution is 2.37. The number of nitrogens with one attached hydrogen (secondary N) is 1. The molecular formula is C14H21NO2S. The van der Waals surface area contributed by atoms with Crippen LogP contribution in [0.4, 0.5) is 0 Å². The van der Waals surface area contributed by atoms with Crippen molar-refractivity contribution < 1.29 is 9.47 Å². The summed E-state index contributed by atoms with van der Waals surface area (Å²) in [6.07, 6.45) is 4.57. The van der Waals surface area contributed by atoms with Crippen LogP contribution in [-0.2, 0) is 0 Å². The molecule has 0 radical (unpaired) electrons. The van der Waals surface area contributed by atoms with Crippen molar-refractivity contribution in [2.45, 2.75) is 25.0 Å². The van der Waals surface area contributed by atoms with Gasteiger partial charge in [0.1, 0.15) is 17.6 Å². The molecule has 1 aliphatic heterocycles. The molecule has 100 valence electrons. The Balaban J connectivity index is 2.19. The minimum Gasteiger partial charge on any atom is -0.497 e. The molecule has 0 bridgehead atoms. The van der Waals surface area contributed by atoms with Gasteiger partial charge in [0.15, 0.2) is 0 Å². The third-order valence-corrected chi connectivity index (χ3v) is 4.02. The Morgan fingerprint density at radius 2 is 2.33 bits per heavy atom. The molecule has 1 N–H and O–H groups in total. The van der Waals surface area contributed by atoms with Gasteiger partial charge in [-0.15, -0.1) is 0 Å². The van der Waals surface area contributed by atoms with Gasteiger partial charge in [-0.1, -0.05) is 6.07 Å². The molecule has 0 aromatic heterocycles. The van der Waals surface area contributed by atoms with E-state index >= 15 is 0 Å². The first kappa shape index (κ1) is 13.6. The maximum absolute atomic E-state index is 6.08. The molecular weight excluding hydrogens is 246 g/mol. The lowest BCUT2D eigenvalue weighted by Gasteiger charge is -2.32. The topological polar surface area (TPSA) is 30.5 Å². The number of ether oxygens (including phenoxy) is 2. The van der Waals surface area contributed by atoms with Gasteiger partial charge in [0.25, 0.3) is 0 Å². The van der Waals surface area contributed by atoms with Gasteiger partial charge in [-0.2, -0.15) is 11.8 Å². The molecule has 18 heavy (non-hydrogen) atoms. The van der Waals surface area contributed by atoms with Gasteiger partial charge in [-0.25, -0.2) is 0 Å². The average Bonchev–Trinajstić information content (AvgIpc) is 2.43. The van der Waals surface area contributed by atoms with Crippen LogP contribution in [0.1, 0.15) is 24.4 Å². The highest BCUT2D eigenvalue weighted by Gasteiger charge is 2.27. The number of thioether (sulfide) groups is 1. The second-order valence-corrected chi connectivity index (χ2v) is 5.49. The Hall–Kier alpha value is -0.870. The maximum Gasteiger partial charge on any atom is 0.128 e. The number of hydrogen-bond acceptors (Lipinski definition) is 4. The largest absolute Gasteiger partial charge is 0.497 e. The Bertz CT molecular complexity index is 397. The van der Waals surface area contributed by atoms with Gasteiger partial charge < -0.3 is 14.8 Å². The van der Waals surface area contributed by atoms with Crippen LogP contribution in [0.25, 0.3) is 0 Å². The number of methoxy groups -OCH3 is 1. The smallest absolute Gasteiger partial charge is 0.128 e. The molecule has 0 spiro atoms. The Labute approximate surface area is 113 Å². The number of hydrogen-bond donors (Lipinski definition) is 1. The van der Waals surface area contributed by atoms with Gasteiger partial charge in [0, 0.05) is 24.1 Å². The summed E-state index contributed by atoms with van der Waals surface area (Å²) in [5.41, 5.74) is 1.23. The molecule has 0 saturated heterocycles.